The molecule has 5 nitrogen and oxygen atoms in total. The van der Waals surface area contributed by atoms with Crippen LogP contribution in [-0.4, -0.2) is 34.0 Å². The number of amides is 1. The van der Waals surface area contributed by atoms with Crippen LogP contribution in [0.1, 0.15) is 47.7 Å². The molecule has 0 spiro atoms. The standard InChI is InChI=1S/C18H23FN2O3/c1-11(2)9-21(18(23)17-12(3)20-13(4)24-17)10-16(22)14-5-7-15(19)8-6-14/h5-8,11,16,22H,9-10H2,1-4H3/t16-/m1/s1. The third kappa shape index (κ3) is 4.41. The van der Waals surface area contributed by atoms with Crippen LogP contribution in [0.15, 0.2) is 28.7 Å². The average Bonchev–Trinajstić information content (AvgIpc) is 2.84. The molecule has 24 heavy (non-hydrogen) atoms. The zero-order valence-corrected chi connectivity index (χ0v) is 14.4. The van der Waals surface area contributed by atoms with Crippen molar-refractivity contribution in [1.29, 1.82) is 0 Å². The number of halogens is 1. The lowest BCUT2D eigenvalue weighted by Crippen LogP contribution is -2.37. The van der Waals surface area contributed by atoms with Gasteiger partial charge in [0.15, 0.2) is 5.89 Å². The number of aryl methyl sites for hydroxylation is 2. The van der Waals surface area contributed by atoms with Gasteiger partial charge in [0.2, 0.25) is 5.76 Å². The number of nitrogens with zero attached hydrogens (tertiary/aromatic N) is 2. The summed E-state index contributed by atoms with van der Waals surface area (Å²) in [5.74, 6) is 0.175. The van der Waals surface area contributed by atoms with Gasteiger partial charge in [0.1, 0.15) is 5.82 Å². The van der Waals surface area contributed by atoms with Crippen molar-refractivity contribution in [2.45, 2.75) is 33.8 Å². The Kier molecular flexibility index (Phi) is 5.72. The van der Waals surface area contributed by atoms with E-state index in [0.29, 0.717) is 23.7 Å². The van der Waals surface area contributed by atoms with Gasteiger partial charge in [0.25, 0.3) is 5.91 Å². The van der Waals surface area contributed by atoms with Crippen LogP contribution in [0, 0.1) is 25.6 Å². The van der Waals surface area contributed by atoms with E-state index in [4.69, 9.17) is 4.42 Å². The number of aliphatic hydroxyl groups excluding tert-OH is 1. The highest BCUT2D eigenvalue weighted by Crippen LogP contribution is 2.19. The Morgan fingerprint density at radius 1 is 1.25 bits per heavy atom. The van der Waals surface area contributed by atoms with E-state index in [0.717, 1.165) is 0 Å². The first-order chi connectivity index (χ1) is 11.3. The van der Waals surface area contributed by atoms with Crippen LogP contribution in [0.25, 0.3) is 0 Å². The van der Waals surface area contributed by atoms with Gasteiger partial charge < -0.3 is 14.4 Å². The SMILES string of the molecule is Cc1nc(C)c(C(=O)N(CC(C)C)C[C@@H](O)c2ccc(F)cc2)o1. The van der Waals surface area contributed by atoms with Crippen LogP contribution in [0.5, 0.6) is 0 Å². The van der Waals surface area contributed by atoms with Crippen LogP contribution in [0.4, 0.5) is 4.39 Å². The lowest BCUT2D eigenvalue weighted by Gasteiger charge is -2.26. The Bertz CT molecular complexity index is 695. The zero-order valence-electron chi connectivity index (χ0n) is 14.4. The fourth-order valence-electron chi connectivity index (χ4n) is 2.55. The van der Waals surface area contributed by atoms with E-state index in [9.17, 15) is 14.3 Å². The predicted molar refractivity (Wildman–Crippen MR) is 88.1 cm³/mol. The van der Waals surface area contributed by atoms with Gasteiger partial charge in [0.05, 0.1) is 18.3 Å². The lowest BCUT2D eigenvalue weighted by atomic mass is 10.1. The van der Waals surface area contributed by atoms with Crippen LogP contribution < -0.4 is 0 Å². The van der Waals surface area contributed by atoms with Gasteiger partial charge >= 0.3 is 0 Å². The molecule has 1 heterocycles. The maximum Gasteiger partial charge on any atom is 0.291 e. The molecule has 0 aliphatic heterocycles. The molecule has 1 aromatic heterocycles. The molecule has 0 fully saturated rings. The van der Waals surface area contributed by atoms with Crippen molar-refractivity contribution in [3.63, 3.8) is 0 Å². The molecule has 0 aliphatic rings. The van der Waals surface area contributed by atoms with Gasteiger partial charge in [-0.3, -0.25) is 4.79 Å². The summed E-state index contributed by atoms with van der Waals surface area (Å²) in [6, 6.07) is 5.61. The number of benzene rings is 1. The summed E-state index contributed by atoms with van der Waals surface area (Å²) >= 11 is 0. The number of hydrogen-bond acceptors (Lipinski definition) is 4. The van der Waals surface area contributed by atoms with Crippen molar-refractivity contribution in [3.8, 4) is 0 Å². The first kappa shape index (κ1) is 18.1. The third-order valence-electron chi connectivity index (χ3n) is 3.62. The molecular formula is C18H23FN2O3. The Hall–Kier alpha value is -2.21. The van der Waals surface area contributed by atoms with Crippen LogP contribution in [0.2, 0.25) is 0 Å². The van der Waals surface area contributed by atoms with Crippen molar-refractivity contribution >= 4 is 5.91 Å². The molecular weight excluding hydrogens is 311 g/mol. The van der Waals surface area contributed by atoms with E-state index in [2.05, 4.69) is 4.98 Å². The molecule has 0 aliphatic carbocycles. The number of aliphatic hydroxyl groups is 1. The van der Waals surface area contributed by atoms with Gasteiger partial charge in [-0.15, -0.1) is 0 Å². The minimum Gasteiger partial charge on any atom is -0.436 e. The highest BCUT2D eigenvalue weighted by atomic mass is 19.1. The summed E-state index contributed by atoms with van der Waals surface area (Å²) in [5, 5.41) is 10.4. The molecule has 0 saturated carbocycles. The number of hydrogen-bond donors (Lipinski definition) is 1. The molecule has 0 bridgehead atoms. The fourth-order valence-corrected chi connectivity index (χ4v) is 2.55. The molecule has 0 saturated heterocycles. The van der Waals surface area contributed by atoms with Gasteiger partial charge in [-0.2, -0.15) is 0 Å². The molecule has 1 atom stereocenters. The summed E-state index contributed by atoms with van der Waals surface area (Å²) in [6.45, 7) is 7.95. The first-order valence-electron chi connectivity index (χ1n) is 7.94. The van der Waals surface area contributed by atoms with E-state index in [1.54, 1.807) is 18.7 Å². The van der Waals surface area contributed by atoms with Gasteiger partial charge in [-0.25, -0.2) is 9.37 Å². The number of rotatable bonds is 6. The van der Waals surface area contributed by atoms with Crippen molar-refractivity contribution < 1.29 is 18.7 Å². The molecule has 0 radical (unpaired) electrons. The predicted octanol–water partition coefficient (Wildman–Crippen LogP) is 3.26. The van der Waals surface area contributed by atoms with Crippen molar-refractivity contribution in [3.05, 3.63) is 53.0 Å². The minimum atomic E-state index is -0.905. The van der Waals surface area contributed by atoms with Crippen LogP contribution in [0.3, 0.4) is 0 Å². The van der Waals surface area contributed by atoms with E-state index in [1.165, 1.54) is 24.3 Å². The average molecular weight is 334 g/mol. The summed E-state index contributed by atoms with van der Waals surface area (Å²) in [4.78, 5) is 18.4. The van der Waals surface area contributed by atoms with E-state index in [1.807, 2.05) is 13.8 Å². The van der Waals surface area contributed by atoms with E-state index >= 15 is 0 Å². The quantitative estimate of drug-likeness (QED) is 0.880. The smallest absolute Gasteiger partial charge is 0.291 e. The monoisotopic (exact) mass is 334 g/mol. The third-order valence-corrected chi connectivity index (χ3v) is 3.62. The summed E-state index contributed by atoms with van der Waals surface area (Å²) in [5.41, 5.74) is 1.09. The highest BCUT2D eigenvalue weighted by molar-refractivity contribution is 5.92. The highest BCUT2D eigenvalue weighted by Gasteiger charge is 2.25. The molecule has 1 aromatic carbocycles. The van der Waals surface area contributed by atoms with E-state index in [-0.39, 0.29) is 29.9 Å². The summed E-state index contributed by atoms with van der Waals surface area (Å²) in [6.07, 6.45) is -0.905. The summed E-state index contributed by atoms with van der Waals surface area (Å²) in [7, 11) is 0. The maximum absolute atomic E-state index is 13.0. The molecule has 2 aromatic rings. The second kappa shape index (κ2) is 7.57. The largest absolute Gasteiger partial charge is 0.436 e. The molecule has 0 unspecified atom stereocenters. The Morgan fingerprint density at radius 2 is 1.88 bits per heavy atom. The molecule has 2 rings (SSSR count). The van der Waals surface area contributed by atoms with Gasteiger partial charge in [-0.05, 0) is 30.5 Å². The topological polar surface area (TPSA) is 66.6 Å². The summed E-state index contributed by atoms with van der Waals surface area (Å²) < 4.78 is 18.4. The number of aromatic nitrogens is 1. The Balaban J connectivity index is 2.20. The second-order valence-electron chi connectivity index (χ2n) is 6.32. The molecule has 1 amide bonds. The number of carbonyl (C=O) groups is 1. The number of oxazole rings is 1. The van der Waals surface area contributed by atoms with Crippen LogP contribution in [-0.2, 0) is 0 Å². The van der Waals surface area contributed by atoms with Crippen molar-refractivity contribution in [2.24, 2.45) is 5.92 Å². The lowest BCUT2D eigenvalue weighted by molar-refractivity contribution is 0.0563. The number of carbonyl (C=O) groups excluding carboxylic acids is 1. The fraction of sp³-hybridized carbons (Fsp3) is 0.444. The first-order valence-corrected chi connectivity index (χ1v) is 7.94. The molecule has 1 N–H and O–H groups in total. The normalized spacial score (nSPS) is 12.5. The Morgan fingerprint density at radius 3 is 2.38 bits per heavy atom. The Labute approximate surface area is 141 Å². The van der Waals surface area contributed by atoms with Crippen LogP contribution >= 0.6 is 0 Å². The van der Waals surface area contributed by atoms with Crippen molar-refractivity contribution in [2.75, 3.05) is 13.1 Å². The second-order valence-corrected chi connectivity index (χ2v) is 6.32. The molecule has 130 valence electrons. The van der Waals surface area contributed by atoms with Crippen molar-refractivity contribution in [1.82, 2.24) is 9.88 Å². The zero-order chi connectivity index (χ0) is 17.9. The minimum absolute atomic E-state index is 0.0990. The maximum atomic E-state index is 13.0. The van der Waals surface area contributed by atoms with E-state index < -0.39 is 6.10 Å². The van der Waals surface area contributed by atoms with Gasteiger partial charge in [-0.1, -0.05) is 26.0 Å². The van der Waals surface area contributed by atoms with Gasteiger partial charge in [0, 0.05) is 13.5 Å². The molecule has 6 heteroatoms.